The van der Waals surface area contributed by atoms with E-state index in [1.807, 2.05) is 0 Å². The van der Waals surface area contributed by atoms with Gasteiger partial charge in [0, 0.05) is 0 Å². The molecule has 34 valence electrons. The minimum atomic E-state index is -3.04. The van der Waals surface area contributed by atoms with Crippen LogP contribution in [0.3, 0.4) is 0 Å². The van der Waals surface area contributed by atoms with E-state index in [1.54, 1.807) is 0 Å². The van der Waals surface area contributed by atoms with Crippen molar-refractivity contribution in [2.24, 2.45) is 0 Å². The van der Waals surface area contributed by atoms with Gasteiger partial charge in [-0.25, -0.2) is 13.7 Å². The van der Waals surface area contributed by atoms with Crippen LogP contribution in [0, 0.1) is 0 Å². The molecule has 0 aliphatic carbocycles. The van der Waals surface area contributed by atoms with Crippen LogP contribution in [0.25, 0.3) is 0 Å². The first kappa shape index (κ1) is 9.69. The van der Waals surface area contributed by atoms with E-state index in [0.29, 0.717) is 0 Å². The molecule has 0 amide bonds. The molecule has 0 spiro atoms. The molecule has 0 saturated heterocycles. The molecule has 0 radical (unpaired) electrons. The first-order valence-corrected chi connectivity index (χ1v) is 1.83. The Balaban J connectivity index is 0. The van der Waals surface area contributed by atoms with Gasteiger partial charge in [0.15, 0.2) is 0 Å². The fraction of sp³-hybridized carbons (Fsp3) is 0. The van der Waals surface area contributed by atoms with Gasteiger partial charge in [-0.3, -0.25) is 0 Å². The van der Waals surface area contributed by atoms with Crippen LogP contribution in [0.2, 0.25) is 0 Å². The third kappa shape index (κ3) is 8.82. The molecule has 0 aliphatic rings. The maximum absolute atomic E-state index is 8.93. The van der Waals surface area contributed by atoms with Crippen molar-refractivity contribution in [3.63, 3.8) is 0 Å². The van der Waals surface area contributed by atoms with Crippen molar-refractivity contribution in [3.05, 3.63) is 0 Å². The molecule has 0 atom stereocenters. The van der Waals surface area contributed by atoms with Gasteiger partial charge in [-0.15, -0.1) is 4.33 Å². The van der Waals surface area contributed by atoms with Gasteiger partial charge in [0.05, 0.1) is 0 Å². The second kappa shape index (κ2) is 5.47. The van der Waals surface area contributed by atoms with E-state index >= 15 is 0 Å². The van der Waals surface area contributed by atoms with Gasteiger partial charge in [0.2, 0.25) is 0 Å². The van der Waals surface area contributed by atoms with E-state index in [4.69, 9.17) is 13.7 Å². The van der Waals surface area contributed by atoms with Crippen LogP contribution in [0.1, 0.15) is 0 Å². The zero-order chi connectivity index (χ0) is 4.28. The Morgan fingerprint density at radius 1 is 1.50 bits per heavy atom. The molecule has 0 heterocycles. The molecule has 0 saturated carbocycles. The molecule has 0 aromatic heterocycles. The zero-order valence-electron chi connectivity index (χ0n) is 2.12. The summed E-state index contributed by atoms with van der Waals surface area (Å²) in [6.45, 7) is 0. The van der Waals surface area contributed by atoms with Gasteiger partial charge in [0.1, 0.15) is 0 Å². The predicted octanol–water partition coefficient (Wildman–Crippen LogP) is -1.65. The SMILES string of the molecule is O=[SH](=O)OO.[LiH]. The second-order valence-electron chi connectivity index (χ2n) is 0.305. The van der Waals surface area contributed by atoms with Gasteiger partial charge in [-0.05, 0) is 0 Å². The second-order valence-corrected chi connectivity index (χ2v) is 0.916. The molecule has 4 nitrogen and oxygen atoms in total. The van der Waals surface area contributed by atoms with E-state index in [0.717, 1.165) is 0 Å². The monoisotopic (exact) mass is 106 g/mol. The van der Waals surface area contributed by atoms with Crippen molar-refractivity contribution in [2.75, 3.05) is 0 Å². The van der Waals surface area contributed by atoms with Gasteiger partial charge < -0.3 is 0 Å². The Labute approximate surface area is 48.4 Å². The normalized spacial score (nSPS) is 7.67. The Morgan fingerprint density at radius 3 is 1.67 bits per heavy atom. The molecule has 1 N–H and O–H groups in total. The Morgan fingerprint density at radius 2 is 1.67 bits per heavy atom. The first-order valence-electron chi connectivity index (χ1n) is 0.730. The van der Waals surface area contributed by atoms with E-state index < -0.39 is 11.0 Å². The van der Waals surface area contributed by atoms with Crippen molar-refractivity contribution >= 4 is 29.8 Å². The molecular formula is H3LiO4S. The quantitative estimate of drug-likeness (QED) is 0.182. The summed E-state index contributed by atoms with van der Waals surface area (Å²) < 4.78 is 20.6. The molecule has 0 aliphatic heterocycles. The number of rotatable bonds is 1. The Kier molecular flexibility index (Phi) is 8.83. The van der Waals surface area contributed by atoms with Crippen LogP contribution in [0.5, 0.6) is 0 Å². The van der Waals surface area contributed by atoms with Crippen molar-refractivity contribution in [3.8, 4) is 0 Å². The Bertz CT molecular complexity index is 65.6. The average Bonchev–Trinajstić information content (AvgIpc) is 1.38. The fourth-order valence-electron chi connectivity index (χ4n) is 0. The van der Waals surface area contributed by atoms with Crippen LogP contribution in [-0.4, -0.2) is 32.5 Å². The molecule has 0 unspecified atom stereocenters. The summed E-state index contributed by atoms with van der Waals surface area (Å²) in [5.74, 6) is 0. The number of thiol groups is 1. The molecule has 6 heteroatoms. The van der Waals surface area contributed by atoms with Gasteiger partial charge in [-0.2, -0.15) is 0 Å². The van der Waals surface area contributed by atoms with E-state index in [1.165, 1.54) is 0 Å². The van der Waals surface area contributed by atoms with E-state index in [-0.39, 0.29) is 18.9 Å². The topological polar surface area (TPSA) is 63.6 Å². The molecular weight excluding hydrogens is 103 g/mol. The van der Waals surface area contributed by atoms with E-state index in [9.17, 15) is 0 Å². The van der Waals surface area contributed by atoms with Crippen molar-refractivity contribution in [1.82, 2.24) is 0 Å². The Hall–Kier alpha value is 0.467. The summed E-state index contributed by atoms with van der Waals surface area (Å²) in [5.41, 5.74) is 0. The van der Waals surface area contributed by atoms with Crippen LogP contribution < -0.4 is 0 Å². The van der Waals surface area contributed by atoms with Gasteiger partial charge in [0.25, 0.3) is 11.0 Å². The van der Waals surface area contributed by atoms with Crippen LogP contribution in [-0.2, 0) is 15.3 Å². The fourth-order valence-corrected chi connectivity index (χ4v) is 0. The molecule has 0 aromatic carbocycles. The summed E-state index contributed by atoms with van der Waals surface area (Å²) >= 11 is 0. The maximum atomic E-state index is 8.93. The molecule has 0 aromatic rings. The van der Waals surface area contributed by atoms with E-state index in [2.05, 4.69) is 4.33 Å². The van der Waals surface area contributed by atoms with Crippen molar-refractivity contribution in [1.29, 1.82) is 0 Å². The summed E-state index contributed by atoms with van der Waals surface area (Å²) in [6, 6.07) is 0. The molecule has 0 fully saturated rings. The summed E-state index contributed by atoms with van der Waals surface area (Å²) in [4.78, 5) is 0. The number of hydrogen-bond acceptors (Lipinski definition) is 4. The summed E-state index contributed by atoms with van der Waals surface area (Å²) in [7, 11) is -3.04. The summed E-state index contributed by atoms with van der Waals surface area (Å²) in [6.07, 6.45) is 0. The first-order chi connectivity index (χ1) is 2.27. The number of hydrogen-bond donors (Lipinski definition) is 2. The zero-order valence-corrected chi connectivity index (χ0v) is 3.01. The summed E-state index contributed by atoms with van der Waals surface area (Å²) in [5, 5.41) is 7.05. The van der Waals surface area contributed by atoms with Gasteiger partial charge >= 0.3 is 18.9 Å². The van der Waals surface area contributed by atoms with Crippen LogP contribution in [0.15, 0.2) is 0 Å². The molecule has 0 rings (SSSR count). The van der Waals surface area contributed by atoms with Crippen molar-refractivity contribution < 1.29 is 18.0 Å². The third-order valence-electron chi connectivity index (χ3n) is 0.0667. The predicted molar refractivity (Wildman–Crippen MR) is 21.2 cm³/mol. The third-order valence-corrected chi connectivity index (χ3v) is 0.200. The van der Waals surface area contributed by atoms with Crippen molar-refractivity contribution in [2.45, 2.75) is 0 Å². The average molecular weight is 106 g/mol. The van der Waals surface area contributed by atoms with Crippen LogP contribution >= 0.6 is 0 Å². The minimum absolute atomic E-state index is 0. The molecule has 0 bridgehead atoms. The molecule has 6 heavy (non-hydrogen) atoms. The van der Waals surface area contributed by atoms with Gasteiger partial charge in [-0.1, -0.05) is 0 Å². The van der Waals surface area contributed by atoms with Crippen LogP contribution in [0.4, 0.5) is 0 Å². The standard InChI is InChI=1S/Li.H2O4S.H/c;1-4-5(2)3;/h;1,5H;.